The predicted octanol–water partition coefficient (Wildman–Crippen LogP) is 4.79. The first-order chi connectivity index (χ1) is 9.29. The zero-order valence-corrected chi connectivity index (χ0v) is 12.1. The molecule has 0 radical (unpaired) electrons. The van der Waals surface area contributed by atoms with Gasteiger partial charge in [0.1, 0.15) is 0 Å². The maximum atomic E-state index is 12.0. The average Bonchev–Trinajstić information content (AvgIpc) is 2.45. The molecule has 2 fully saturated rings. The van der Waals surface area contributed by atoms with Crippen molar-refractivity contribution in [3.8, 4) is 0 Å². The first kappa shape index (κ1) is 15.0. The standard InChI is InChI=1S/C17H29FO/c18-13-3-1-2-4-14-5-7-15(8-6-14)16-9-11-17(19)12-10-16/h4,15-17,19H,1-3,5-13H2. The fraction of sp³-hybridized carbons (Fsp3) is 0.882. The zero-order chi connectivity index (χ0) is 13.5. The molecule has 0 aliphatic heterocycles. The molecule has 0 amide bonds. The Morgan fingerprint density at radius 1 is 0.947 bits per heavy atom. The van der Waals surface area contributed by atoms with E-state index in [0.717, 1.165) is 43.9 Å². The van der Waals surface area contributed by atoms with Gasteiger partial charge in [-0.2, -0.15) is 0 Å². The summed E-state index contributed by atoms with van der Waals surface area (Å²) >= 11 is 0. The van der Waals surface area contributed by atoms with E-state index in [1.807, 2.05) is 0 Å². The Kier molecular flexibility index (Phi) is 6.36. The van der Waals surface area contributed by atoms with Crippen LogP contribution in [-0.4, -0.2) is 17.9 Å². The molecule has 19 heavy (non-hydrogen) atoms. The number of aliphatic hydroxyl groups excluding tert-OH is 1. The molecule has 2 aliphatic rings. The molecule has 0 atom stereocenters. The van der Waals surface area contributed by atoms with Crippen LogP contribution in [0, 0.1) is 11.8 Å². The van der Waals surface area contributed by atoms with Gasteiger partial charge in [-0.25, -0.2) is 0 Å². The van der Waals surface area contributed by atoms with Gasteiger partial charge in [-0.3, -0.25) is 4.39 Å². The van der Waals surface area contributed by atoms with Crippen molar-refractivity contribution in [1.29, 1.82) is 0 Å². The Hall–Kier alpha value is -0.370. The average molecular weight is 268 g/mol. The van der Waals surface area contributed by atoms with Crippen LogP contribution < -0.4 is 0 Å². The highest BCUT2D eigenvalue weighted by molar-refractivity contribution is 5.05. The number of halogens is 1. The van der Waals surface area contributed by atoms with Crippen molar-refractivity contribution in [2.24, 2.45) is 11.8 Å². The Labute approximate surface area is 117 Å². The second kappa shape index (κ2) is 8.04. The van der Waals surface area contributed by atoms with Crippen molar-refractivity contribution in [2.45, 2.75) is 76.7 Å². The molecule has 0 spiro atoms. The molecule has 0 aromatic rings. The van der Waals surface area contributed by atoms with E-state index in [2.05, 4.69) is 6.08 Å². The third kappa shape index (κ3) is 4.91. The van der Waals surface area contributed by atoms with Crippen LogP contribution in [0.1, 0.15) is 70.6 Å². The lowest BCUT2D eigenvalue weighted by atomic mass is 9.72. The first-order valence-electron chi connectivity index (χ1n) is 8.21. The van der Waals surface area contributed by atoms with Crippen LogP contribution in [0.4, 0.5) is 4.39 Å². The van der Waals surface area contributed by atoms with E-state index in [4.69, 9.17) is 0 Å². The van der Waals surface area contributed by atoms with Crippen LogP contribution in [0.2, 0.25) is 0 Å². The minimum atomic E-state index is -0.168. The monoisotopic (exact) mass is 268 g/mol. The van der Waals surface area contributed by atoms with E-state index >= 15 is 0 Å². The van der Waals surface area contributed by atoms with E-state index in [1.54, 1.807) is 5.57 Å². The highest BCUT2D eigenvalue weighted by atomic mass is 19.1. The number of rotatable bonds is 5. The van der Waals surface area contributed by atoms with Crippen LogP contribution in [-0.2, 0) is 0 Å². The number of alkyl halides is 1. The van der Waals surface area contributed by atoms with Crippen LogP contribution in [0.15, 0.2) is 11.6 Å². The summed E-state index contributed by atoms with van der Waals surface area (Å²) in [6, 6.07) is 0. The SMILES string of the molecule is OC1CCC(C2CCC(=CCCCCF)CC2)CC1. The molecule has 2 aliphatic carbocycles. The predicted molar refractivity (Wildman–Crippen MR) is 77.8 cm³/mol. The van der Waals surface area contributed by atoms with E-state index in [1.165, 1.54) is 38.5 Å². The number of hydrogen-bond donors (Lipinski definition) is 1. The number of aliphatic hydroxyl groups is 1. The fourth-order valence-electron chi connectivity index (χ4n) is 3.80. The second-order valence-electron chi connectivity index (χ2n) is 6.45. The third-order valence-electron chi connectivity index (χ3n) is 5.10. The lowest BCUT2D eigenvalue weighted by molar-refractivity contribution is 0.0849. The van der Waals surface area contributed by atoms with Gasteiger partial charge in [-0.05, 0) is 82.5 Å². The van der Waals surface area contributed by atoms with Gasteiger partial charge < -0.3 is 5.11 Å². The van der Waals surface area contributed by atoms with E-state index in [0.29, 0.717) is 0 Å². The summed E-state index contributed by atoms with van der Waals surface area (Å²) in [5, 5.41) is 9.57. The molecule has 2 saturated carbocycles. The quantitative estimate of drug-likeness (QED) is 0.561. The van der Waals surface area contributed by atoms with Crippen LogP contribution in [0.5, 0.6) is 0 Å². The van der Waals surface area contributed by atoms with Gasteiger partial charge in [0.15, 0.2) is 0 Å². The Bertz CT molecular complexity index is 269. The summed E-state index contributed by atoms with van der Waals surface area (Å²) in [6.07, 6.45) is 14.9. The summed E-state index contributed by atoms with van der Waals surface area (Å²) in [5.41, 5.74) is 1.62. The molecule has 0 aromatic carbocycles. The highest BCUT2D eigenvalue weighted by Gasteiger charge is 2.28. The fourth-order valence-corrected chi connectivity index (χ4v) is 3.80. The maximum Gasteiger partial charge on any atom is 0.0894 e. The molecule has 110 valence electrons. The molecule has 2 heteroatoms. The first-order valence-corrected chi connectivity index (χ1v) is 8.21. The van der Waals surface area contributed by atoms with Gasteiger partial charge in [0.05, 0.1) is 12.8 Å². The summed E-state index contributed by atoms with van der Waals surface area (Å²) in [5.74, 6) is 1.77. The van der Waals surface area contributed by atoms with Crippen molar-refractivity contribution in [3.63, 3.8) is 0 Å². The smallest absolute Gasteiger partial charge is 0.0894 e. The topological polar surface area (TPSA) is 20.2 Å². The molecule has 0 aromatic heterocycles. The van der Waals surface area contributed by atoms with E-state index < -0.39 is 0 Å². The number of unbranched alkanes of at least 4 members (excludes halogenated alkanes) is 2. The van der Waals surface area contributed by atoms with Crippen molar-refractivity contribution >= 4 is 0 Å². The summed E-state index contributed by atoms with van der Waals surface area (Å²) in [4.78, 5) is 0. The minimum Gasteiger partial charge on any atom is -0.393 e. The van der Waals surface area contributed by atoms with Crippen molar-refractivity contribution in [1.82, 2.24) is 0 Å². The van der Waals surface area contributed by atoms with Gasteiger partial charge >= 0.3 is 0 Å². The lowest BCUT2D eigenvalue weighted by Crippen LogP contribution is -2.25. The highest BCUT2D eigenvalue weighted by Crippen LogP contribution is 2.39. The molecule has 0 unspecified atom stereocenters. The molecule has 0 bridgehead atoms. The van der Waals surface area contributed by atoms with Crippen LogP contribution in [0.25, 0.3) is 0 Å². The molecular weight excluding hydrogens is 239 g/mol. The zero-order valence-electron chi connectivity index (χ0n) is 12.1. The van der Waals surface area contributed by atoms with Crippen molar-refractivity contribution in [3.05, 3.63) is 11.6 Å². The second-order valence-corrected chi connectivity index (χ2v) is 6.45. The third-order valence-corrected chi connectivity index (χ3v) is 5.10. The number of hydrogen-bond acceptors (Lipinski definition) is 1. The summed E-state index contributed by atoms with van der Waals surface area (Å²) in [6.45, 7) is -0.168. The van der Waals surface area contributed by atoms with Crippen LogP contribution >= 0.6 is 0 Å². The molecule has 0 heterocycles. The minimum absolute atomic E-state index is 0.0224. The van der Waals surface area contributed by atoms with Gasteiger partial charge in [-0.1, -0.05) is 11.6 Å². The van der Waals surface area contributed by atoms with E-state index in [9.17, 15) is 9.50 Å². The van der Waals surface area contributed by atoms with Crippen molar-refractivity contribution < 1.29 is 9.50 Å². The molecule has 1 N–H and O–H groups in total. The molecule has 0 saturated heterocycles. The normalized spacial score (nSPS) is 32.3. The van der Waals surface area contributed by atoms with Crippen LogP contribution in [0.3, 0.4) is 0 Å². The van der Waals surface area contributed by atoms with Gasteiger partial charge in [0.25, 0.3) is 0 Å². The molecular formula is C17H29FO. The lowest BCUT2D eigenvalue weighted by Gasteiger charge is -2.35. The summed E-state index contributed by atoms with van der Waals surface area (Å²) < 4.78 is 12.0. The number of allylic oxidation sites excluding steroid dienone is 2. The Morgan fingerprint density at radius 2 is 1.58 bits per heavy atom. The molecule has 1 nitrogen and oxygen atoms in total. The van der Waals surface area contributed by atoms with Gasteiger partial charge in [0.2, 0.25) is 0 Å². The van der Waals surface area contributed by atoms with Gasteiger partial charge in [-0.15, -0.1) is 0 Å². The Balaban J connectivity index is 1.67. The van der Waals surface area contributed by atoms with Gasteiger partial charge in [0, 0.05) is 0 Å². The van der Waals surface area contributed by atoms with Crippen molar-refractivity contribution in [2.75, 3.05) is 6.67 Å². The molecule has 2 rings (SSSR count). The maximum absolute atomic E-state index is 12.0. The van der Waals surface area contributed by atoms with E-state index in [-0.39, 0.29) is 12.8 Å². The Morgan fingerprint density at radius 3 is 2.21 bits per heavy atom. The summed E-state index contributed by atoms with van der Waals surface area (Å²) in [7, 11) is 0. The largest absolute Gasteiger partial charge is 0.393 e.